The lowest BCUT2D eigenvalue weighted by atomic mass is 10.2. The average Bonchev–Trinajstić information content (AvgIpc) is 2.29. The van der Waals surface area contributed by atoms with Crippen LogP contribution in [-0.2, 0) is 15.2 Å². The number of rotatable bonds is 5. The van der Waals surface area contributed by atoms with Crippen LogP contribution in [0.3, 0.4) is 0 Å². The molecule has 3 nitrogen and oxygen atoms in total. The van der Waals surface area contributed by atoms with Crippen molar-refractivity contribution in [3.8, 4) is 5.75 Å². The first-order valence-corrected chi connectivity index (χ1v) is 9.02. The van der Waals surface area contributed by atoms with Crippen LogP contribution in [0.25, 0.3) is 0 Å². The van der Waals surface area contributed by atoms with Gasteiger partial charge in [-0.15, -0.1) is 0 Å². The van der Waals surface area contributed by atoms with Gasteiger partial charge in [-0.2, -0.15) is 0 Å². The van der Waals surface area contributed by atoms with Gasteiger partial charge in [-0.3, -0.25) is 0 Å². The minimum Gasteiger partial charge on any atom is -0.491 e. The van der Waals surface area contributed by atoms with Gasteiger partial charge in [-0.1, -0.05) is 33.6 Å². The van der Waals surface area contributed by atoms with Gasteiger partial charge in [0.2, 0.25) is 0 Å². The first kappa shape index (κ1) is 16.8. The second-order valence-corrected chi connectivity index (χ2v) is 9.01. The summed E-state index contributed by atoms with van der Waals surface area (Å²) < 4.78 is 28.5. The van der Waals surface area contributed by atoms with Gasteiger partial charge < -0.3 is 4.74 Å². The first-order chi connectivity index (χ1) is 8.67. The summed E-state index contributed by atoms with van der Waals surface area (Å²) in [7, 11) is -3.17. The largest absolute Gasteiger partial charge is 0.491 e. The molecule has 0 N–H and O–H groups in total. The molecule has 0 aliphatic carbocycles. The summed E-state index contributed by atoms with van der Waals surface area (Å²) in [6.07, 6.45) is 0. The number of hydrogen-bond donors (Lipinski definition) is 0. The number of sulfone groups is 1. The van der Waals surface area contributed by atoms with E-state index < -0.39 is 14.6 Å². The molecule has 1 rings (SSSR count). The van der Waals surface area contributed by atoms with E-state index in [1.54, 1.807) is 32.9 Å². The van der Waals surface area contributed by atoms with Gasteiger partial charge in [0, 0.05) is 5.33 Å². The SMILES string of the molecule is CC(C)(C)S(=O)(=O)CCOc1ccc(CBr)cc1Cl. The summed E-state index contributed by atoms with van der Waals surface area (Å²) in [6, 6.07) is 5.43. The summed E-state index contributed by atoms with van der Waals surface area (Å²) in [5.41, 5.74) is 1.04. The molecule has 1 aromatic rings. The van der Waals surface area contributed by atoms with E-state index in [1.807, 2.05) is 6.07 Å². The molecule has 0 bridgehead atoms. The zero-order valence-electron chi connectivity index (χ0n) is 11.2. The topological polar surface area (TPSA) is 43.4 Å². The van der Waals surface area contributed by atoms with Gasteiger partial charge in [0.25, 0.3) is 0 Å². The summed E-state index contributed by atoms with van der Waals surface area (Å²) in [5, 5.41) is 1.20. The quantitative estimate of drug-likeness (QED) is 0.741. The molecule has 0 heterocycles. The standard InChI is InChI=1S/C13H18BrClO3S/c1-13(2,3)19(16,17)7-6-18-12-5-4-10(9-14)8-11(12)15/h4-5,8H,6-7,9H2,1-3H3. The molecule has 6 heteroatoms. The molecular weight excluding hydrogens is 352 g/mol. The van der Waals surface area contributed by atoms with E-state index in [1.165, 1.54) is 0 Å². The molecule has 19 heavy (non-hydrogen) atoms. The van der Waals surface area contributed by atoms with Crippen LogP contribution in [0.15, 0.2) is 18.2 Å². The fourth-order valence-corrected chi connectivity index (χ4v) is 2.83. The van der Waals surface area contributed by atoms with Crippen molar-refractivity contribution in [2.45, 2.75) is 30.8 Å². The lowest BCUT2D eigenvalue weighted by Gasteiger charge is -2.19. The smallest absolute Gasteiger partial charge is 0.158 e. The molecule has 0 aromatic heterocycles. The molecule has 0 saturated heterocycles. The van der Waals surface area contributed by atoms with E-state index in [9.17, 15) is 8.42 Å². The highest BCUT2D eigenvalue weighted by molar-refractivity contribution is 9.08. The van der Waals surface area contributed by atoms with E-state index in [0.717, 1.165) is 5.56 Å². The lowest BCUT2D eigenvalue weighted by Crippen LogP contribution is -2.32. The van der Waals surface area contributed by atoms with Crippen molar-refractivity contribution in [1.29, 1.82) is 0 Å². The van der Waals surface area contributed by atoms with Crippen molar-refractivity contribution in [2.75, 3.05) is 12.4 Å². The molecule has 108 valence electrons. The van der Waals surface area contributed by atoms with Crippen molar-refractivity contribution < 1.29 is 13.2 Å². The van der Waals surface area contributed by atoms with Gasteiger partial charge in [0.05, 0.1) is 15.5 Å². The average molecular weight is 370 g/mol. The number of hydrogen-bond acceptors (Lipinski definition) is 3. The molecule has 0 unspecified atom stereocenters. The third kappa shape index (κ3) is 4.65. The number of halogens is 2. The summed E-state index contributed by atoms with van der Waals surface area (Å²) >= 11 is 9.39. The Labute approximate surface area is 128 Å². The lowest BCUT2D eigenvalue weighted by molar-refractivity contribution is 0.340. The Balaban J connectivity index is 2.64. The number of ether oxygens (including phenoxy) is 1. The van der Waals surface area contributed by atoms with Crippen LogP contribution in [0, 0.1) is 0 Å². The second kappa shape index (κ2) is 6.46. The van der Waals surface area contributed by atoms with Crippen molar-refractivity contribution in [1.82, 2.24) is 0 Å². The number of alkyl halides is 1. The van der Waals surface area contributed by atoms with E-state index in [4.69, 9.17) is 16.3 Å². The van der Waals surface area contributed by atoms with Gasteiger partial charge >= 0.3 is 0 Å². The zero-order valence-corrected chi connectivity index (χ0v) is 14.4. The Morgan fingerprint density at radius 3 is 2.42 bits per heavy atom. The normalized spacial score (nSPS) is 12.5. The highest BCUT2D eigenvalue weighted by Gasteiger charge is 2.28. The Bertz CT molecular complexity index is 535. The highest BCUT2D eigenvalue weighted by Crippen LogP contribution is 2.26. The maximum Gasteiger partial charge on any atom is 0.158 e. The minimum atomic E-state index is -3.17. The van der Waals surface area contributed by atoms with Crippen molar-refractivity contribution in [3.63, 3.8) is 0 Å². The fraction of sp³-hybridized carbons (Fsp3) is 0.538. The monoisotopic (exact) mass is 368 g/mol. The molecule has 0 fully saturated rings. The Kier molecular flexibility index (Phi) is 5.71. The van der Waals surface area contributed by atoms with Crippen LogP contribution < -0.4 is 4.74 Å². The van der Waals surface area contributed by atoms with Crippen molar-refractivity contribution in [3.05, 3.63) is 28.8 Å². The van der Waals surface area contributed by atoms with Gasteiger partial charge in [-0.05, 0) is 38.5 Å². The second-order valence-electron chi connectivity index (χ2n) is 5.18. The van der Waals surface area contributed by atoms with Crippen LogP contribution in [0.1, 0.15) is 26.3 Å². The van der Waals surface area contributed by atoms with Crippen LogP contribution in [0.5, 0.6) is 5.75 Å². The maximum absolute atomic E-state index is 11.9. The van der Waals surface area contributed by atoms with Crippen LogP contribution in [-0.4, -0.2) is 25.5 Å². The highest BCUT2D eigenvalue weighted by atomic mass is 79.9. The van der Waals surface area contributed by atoms with Crippen LogP contribution >= 0.6 is 27.5 Å². The molecule has 0 atom stereocenters. The molecule has 0 aliphatic heterocycles. The molecule has 0 radical (unpaired) electrons. The van der Waals surface area contributed by atoms with Gasteiger partial charge in [-0.25, -0.2) is 8.42 Å². The van der Waals surface area contributed by atoms with E-state index in [-0.39, 0.29) is 12.4 Å². The molecule has 0 saturated carbocycles. The third-order valence-corrected chi connectivity index (χ3v) is 6.21. The van der Waals surface area contributed by atoms with Crippen LogP contribution in [0.2, 0.25) is 5.02 Å². The molecule has 0 spiro atoms. The summed E-state index contributed by atoms with van der Waals surface area (Å²) in [5.74, 6) is 0.489. The van der Waals surface area contributed by atoms with Crippen LogP contribution in [0.4, 0.5) is 0 Å². The Morgan fingerprint density at radius 2 is 1.95 bits per heavy atom. The Hall–Kier alpha value is -0.260. The predicted molar refractivity (Wildman–Crippen MR) is 83.1 cm³/mol. The molecular formula is C13H18BrClO3S. The predicted octanol–water partition coefficient (Wildman–Crippen LogP) is 3.83. The first-order valence-electron chi connectivity index (χ1n) is 5.87. The number of benzene rings is 1. The van der Waals surface area contributed by atoms with Crippen molar-refractivity contribution in [2.24, 2.45) is 0 Å². The van der Waals surface area contributed by atoms with Gasteiger partial charge in [0.15, 0.2) is 9.84 Å². The molecule has 0 aliphatic rings. The zero-order chi connectivity index (χ0) is 14.7. The summed E-state index contributed by atoms with van der Waals surface area (Å²) in [6.45, 7) is 5.15. The van der Waals surface area contributed by atoms with E-state index >= 15 is 0 Å². The molecule has 1 aromatic carbocycles. The fourth-order valence-electron chi connectivity index (χ4n) is 1.31. The summed E-state index contributed by atoms with van der Waals surface area (Å²) in [4.78, 5) is 0. The molecule has 0 amide bonds. The minimum absolute atomic E-state index is 0.0208. The van der Waals surface area contributed by atoms with E-state index in [0.29, 0.717) is 16.1 Å². The third-order valence-electron chi connectivity index (χ3n) is 2.69. The maximum atomic E-state index is 11.9. The van der Waals surface area contributed by atoms with E-state index in [2.05, 4.69) is 15.9 Å². The van der Waals surface area contributed by atoms with Crippen molar-refractivity contribution >= 4 is 37.4 Å². The van der Waals surface area contributed by atoms with Gasteiger partial charge in [0.1, 0.15) is 12.4 Å². The Morgan fingerprint density at radius 1 is 1.32 bits per heavy atom.